The normalized spacial score (nSPS) is 11.4. The van der Waals surface area contributed by atoms with E-state index in [1.807, 2.05) is 13.8 Å². The van der Waals surface area contributed by atoms with Crippen molar-refractivity contribution in [3.63, 3.8) is 0 Å². The van der Waals surface area contributed by atoms with Crippen molar-refractivity contribution in [3.8, 4) is 5.75 Å². The highest BCUT2D eigenvalue weighted by atomic mass is 32.2. The molecule has 0 aliphatic heterocycles. The van der Waals surface area contributed by atoms with Gasteiger partial charge >= 0.3 is 5.97 Å². The van der Waals surface area contributed by atoms with Crippen LogP contribution in [0.4, 0.5) is 5.69 Å². The molecule has 0 fully saturated rings. The summed E-state index contributed by atoms with van der Waals surface area (Å²) >= 11 is 0. The molecule has 0 aromatic heterocycles. The molecule has 0 saturated heterocycles. The lowest BCUT2D eigenvalue weighted by atomic mass is 10.0. The van der Waals surface area contributed by atoms with Crippen LogP contribution in [0.2, 0.25) is 0 Å². The second-order valence-electron chi connectivity index (χ2n) is 6.55. The molecule has 0 radical (unpaired) electrons. The van der Waals surface area contributed by atoms with Crippen LogP contribution in [-0.2, 0) is 10.0 Å². The zero-order valence-electron chi connectivity index (χ0n) is 15.7. The second kappa shape index (κ2) is 8.90. The third kappa shape index (κ3) is 5.47. The predicted molar refractivity (Wildman–Crippen MR) is 105 cm³/mol. The number of carboxylic acid groups (broad SMARTS) is 1. The molecule has 27 heavy (non-hydrogen) atoms. The molecule has 0 unspecified atom stereocenters. The molecule has 146 valence electrons. The van der Waals surface area contributed by atoms with Crippen LogP contribution in [0.5, 0.6) is 5.75 Å². The summed E-state index contributed by atoms with van der Waals surface area (Å²) in [4.78, 5) is 11.2. The number of carboxylic acids is 1. The van der Waals surface area contributed by atoms with Gasteiger partial charge < -0.3 is 9.84 Å². The Balaban J connectivity index is 2.31. The Hall–Kier alpha value is -2.54. The number of hydrogen-bond acceptors (Lipinski definition) is 4. The summed E-state index contributed by atoms with van der Waals surface area (Å²) in [6.07, 6.45) is 1.95. The van der Waals surface area contributed by atoms with Crippen LogP contribution in [0.25, 0.3) is 0 Å². The van der Waals surface area contributed by atoms with Gasteiger partial charge in [0, 0.05) is 5.69 Å². The van der Waals surface area contributed by atoms with Crippen LogP contribution in [0.3, 0.4) is 0 Å². The van der Waals surface area contributed by atoms with Crippen molar-refractivity contribution in [2.45, 2.75) is 44.4 Å². The Bertz CT molecular complexity index is 906. The Morgan fingerprint density at radius 1 is 1.19 bits per heavy atom. The molecule has 0 aliphatic carbocycles. The number of sulfonamides is 1. The summed E-state index contributed by atoms with van der Waals surface area (Å²) in [7, 11) is -3.85. The zero-order chi connectivity index (χ0) is 20.0. The fourth-order valence-corrected chi connectivity index (χ4v) is 3.62. The van der Waals surface area contributed by atoms with Gasteiger partial charge in [-0.2, -0.15) is 0 Å². The number of hydrogen-bond donors (Lipinski definition) is 2. The molecule has 0 atom stereocenters. The van der Waals surface area contributed by atoms with Crippen molar-refractivity contribution in [1.82, 2.24) is 0 Å². The number of nitrogens with one attached hydrogen (secondary N) is 1. The lowest BCUT2D eigenvalue weighted by Gasteiger charge is -2.16. The SMILES string of the molecule is CCCCOc1ccc(S(=O)(=O)Nc2cccc(C(=O)O)c2)cc1C(C)C. The highest BCUT2D eigenvalue weighted by Crippen LogP contribution is 2.30. The van der Waals surface area contributed by atoms with Crippen LogP contribution >= 0.6 is 0 Å². The van der Waals surface area contributed by atoms with Gasteiger partial charge in [0.2, 0.25) is 0 Å². The molecule has 0 saturated carbocycles. The first-order valence-electron chi connectivity index (χ1n) is 8.87. The van der Waals surface area contributed by atoms with E-state index in [4.69, 9.17) is 9.84 Å². The van der Waals surface area contributed by atoms with Crippen molar-refractivity contribution in [2.75, 3.05) is 11.3 Å². The summed E-state index contributed by atoms with van der Waals surface area (Å²) in [5.41, 5.74) is 1.02. The van der Waals surface area contributed by atoms with Gasteiger partial charge in [-0.25, -0.2) is 13.2 Å². The fraction of sp³-hybridized carbons (Fsp3) is 0.350. The number of benzene rings is 2. The summed E-state index contributed by atoms with van der Waals surface area (Å²) in [6, 6.07) is 10.5. The van der Waals surface area contributed by atoms with E-state index < -0.39 is 16.0 Å². The lowest BCUT2D eigenvalue weighted by molar-refractivity contribution is 0.0697. The van der Waals surface area contributed by atoms with Gasteiger partial charge in [-0.15, -0.1) is 0 Å². The highest BCUT2D eigenvalue weighted by Gasteiger charge is 2.19. The van der Waals surface area contributed by atoms with Crippen LogP contribution in [0, 0.1) is 0 Å². The first kappa shape index (κ1) is 20.8. The summed E-state index contributed by atoms with van der Waals surface area (Å²) in [5, 5.41) is 9.05. The maximum atomic E-state index is 12.7. The number of aromatic carboxylic acids is 1. The third-order valence-corrected chi connectivity index (χ3v) is 5.41. The summed E-state index contributed by atoms with van der Waals surface area (Å²) in [6.45, 7) is 6.61. The first-order chi connectivity index (χ1) is 12.7. The maximum absolute atomic E-state index is 12.7. The predicted octanol–water partition coefficient (Wildman–Crippen LogP) is 4.49. The largest absolute Gasteiger partial charge is 0.493 e. The Morgan fingerprint density at radius 2 is 1.93 bits per heavy atom. The van der Waals surface area contributed by atoms with Gasteiger partial charge in [-0.3, -0.25) is 4.72 Å². The highest BCUT2D eigenvalue weighted by molar-refractivity contribution is 7.92. The van der Waals surface area contributed by atoms with Crippen LogP contribution < -0.4 is 9.46 Å². The average molecular weight is 391 g/mol. The van der Waals surface area contributed by atoms with Gasteiger partial charge in [0.05, 0.1) is 17.1 Å². The van der Waals surface area contributed by atoms with Gasteiger partial charge in [-0.05, 0) is 54.3 Å². The molecular formula is C20H25NO5S. The van der Waals surface area contributed by atoms with E-state index >= 15 is 0 Å². The summed E-state index contributed by atoms with van der Waals surface area (Å²) < 4.78 is 33.7. The topological polar surface area (TPSA) is 92.7 Å². The smallest absolute Gasteiger partial charge is 0.335 e. The van der Waals surface area contributed by atoms with E-state index in [0.29, 0.717) is 12.4 Å². The van der Waals surface area contributed by atoms with Gasteiger partial charge in [0.15, 0.2) is 0 Å². The van der Waals surface area contributed by atoms with Crippen molar-refractivity contribution >= 4 is 21.7 Å². The molecule has 6 nitrogen and oxygen atoms in total. The second-order valence-corrected chi connectivity index (χ2v) is 8.23. The monoisotopic (exact) mass is 391 g/mol. The minimum atomic E-state index is -3.85. The molecule has 2 rings (SSSR count). The van der Waals surface area contributed by atoms with Crippen molar-refractivity contribution in [3.05, 3.63) is 53.6 Å². The molecule has 0 amide bonds. The number of ether oxygens (including phenoxy) is 1. The van der Waals surface area contributed by atoms with E-state index in [1.165, 1.54) is 30.3 Å². The quantitative estimate of drug-likeness (QED) is 0.615. The van der Waals surface area contributed by atoms with Crippen molar-refractivity contribution in [1.29, 1.82) is 0 Å². The lowest BCUT2D eigenvalue weighted by Crippen LogP contribution is -2.14. The maximum Gasteiger partial charge on any atom is 0.335 e. The van der Waals surface area contributed by atoms with Gasteiger partial charge in [-0.1, -0.05) is 33.3 Å². The standard InChI is InChI=1S/C20H25NO5S/c1-4-5-11-26-19-10-9-17(13-18(19)14(2)3)27(24,25)21-16-8-6-7-15(12-16)20(22)23/h6-10,12-14,21H,4-5,11H2,1-3H3,(H,22,23). The number of rotatable bonds is 9. The number of carbonyl (C=O) groups is 1. The minimum Gasteiger partial charge on any atom is -0.493 e. The van der Waals surface area contributed by atoms with E-state index in [9.17, 15) is 13.2 Å². The molecule has 0 spiro atoms. The fourth-order valence-electron chi connectivity index (χ4n) is 2.53. The molecule has 2 aromatic carbocycles. The van der Waals surface area contributed by atoms with E-state index in [1.54, 1.807) is 12.1 Å². The minimum absolute atomic E-state index is 0.0118. The Labute approximate surface area is 160 Å². The first-order valence-corrected chi connectivity index (χ1v) is 10.4. The molecule has 2 N–H and O–H groups in total. The molecular weight excluding hydrogens is 366 g/mol. The van der Waals surface area contributed by atoms with Crippen LogP contribution in [0.15, 0.2) is 47.4 Å². The molecule has 0 heterocycles. The molecule has 7 heteroatoms. The van der Waals surface area contributed by atoms with E-state index in [2.05, 4.69) is 11.6 Å². The van der Waals surface area contributed by atoms with Crippen LogP contribution in [-0.4, -0.2) is 26.1 Å². The van der Waals surface area contributed by atoms with Gasteiger partial charge in [0.1, 0.15) is 5.75 Å². The Kier molecular flexibility index (Phi) is 6.85. The summed E-state index contributed by atoms with van der Waals surface area (Å²) in [5.74, 6) is -0.343. The van der Waals surface area contributed by atoms with Crippen molar-refractivity contribution in [2.24, 2.45) is 0 Å². The molecule has 0 aliphatic rings. The zero-order valence-corrected chi connectivity index (χ0v) is 16.5. The third-order valence-electron chi connectivity index (χ3n) is 4.03. The Morgan fingerprint density at radius 3 is 2.56 bits per heavy atom. The number of unbranched alkanes of at least 4 members (excludes halogenated alkanes) is 1. The van der Waals surface area contributed by atoms with Crippen LogP contribution in [0.1, 0.15) is 55.5 Å². The average Bonchev–Trinajstić information content (AvgIpc) is 2.61. The number of anilines is 1. The van der Waals surface area contributed by atoms with Gasteiger partial charge in [0.25, 0.3) is 10.0 Å². The van der Waals surface area contributed by atoms with E-state index in [-0.39, 0.29) is 22.1 Å². The molecule has 0 bridgehead atoms. The molecule has 2 aromatic rings. The van der Waals surface area contributed by atoms with E-state index in [0.717, 1.165) is 18.4 Å². The van der Waals surface area contributed by atoms with Crippen molar-refractivity contribution < 1.29 is 23.1 Å².